The number of carbonyl (C=O) groups is 1. The summed E-state index contributed by atoms with van der Waals surface area (Å²) in [6.45, 7) is 0. The minimum absolute atomic E-state index is 0.0121. The van der Waals surface area contributed by atoms with Gasteiger partial charge < -0.3 is 0 Å². The molecule has 0 radical (unpaired) electrons. The summed E-state index contributed by atoms with van der Waals surface area (Å²) in [5, 5.41) is 0.685. The second-order valence-electron chi connectivity index (χ2n) is 3.60. The molecule has 0 atom stereocenters. The maximum atomic E-state index is 13.2. The van der Waals surface area contributed by atoms with Crippen LogP contribution in [0.25, 0.3) is 11.1 Å². The van der Waals surface area contributed by atoms with Gasteiger partial charge in [-0.1, -0.05) is 23.2 Å². The molecule has 0 heterocycles. The Morgan fingerprint density at radius 3 is 2.28 bits per heavy atom. The molecule has 5 heteroatoms. The number of aldehydes is 1. The Balaban J connectivity index is 2.73. The molecule has 2 rings (SSSR count). The molecule has 0 saturated carbocycles. The molecule has 0 bridgehead atoms. The molecule has 0 amide bonds. The first-order chi connectivity index (χ1) is 8.52. The lowest BCUT2D eigenvalue weighted by molar-refractivity contribution is 0.112. The molecular formula is C13H6Cl2F2O. The molecule has 0 fully saturated rings. The molecule has 0 aliphatic heterocycles. The smallest absolute Gasteiger partial charge is 0.159 e. The van der Waals surface area contributed by atoms with Crippen molar-refractivity contribution < 1.29 is 13.6 Å². The van der Waals surface area contributed by atoms with Gasteiger partial charge >= 0.3 is 0 Å². The second-order valence-corrected chi connectivity index (χ2v) is 4.44. The first kappa shape index (κ1) is 13.0. The first-order valence-corrected chi connectivity index (χ1v) is 5.68. The largest absolute Gasteiger partial charge is 0.298 e. The van der Waals surface area contributed by atoms with E-state index in [0.29, 0.717) is 21.9 Å². The molecule has 0 saturated heterocycles. The summed E-state index contributed by atoms with van der Waals surface area (Å²) in [5.74, 6) is -2.13. The minimum atomic E-state index is -1.08. The molecule has 0 aliphatic rings. The van der Waals surface area contributed by atoms with Crippen molar-refractivity contribution in [3.05, 3.63) is 57.6 Å². The zero-order chi connectivity index (χ0) is 13.3. The van der Waals surface area contributed by atoms with E-state index in [1.165, 1.54) is 12.1 Å². The number of carbonyl (C=O) groups excluding carboxylic acids is 1. The Kier molecular flexibility index (Phi) is 3.64. The molecule has 0 N–H and O–H groups in total. The third-order valence-corrected chi connectivity index (χ3v) is 3.00. The maximum Gasteiger partial charge on any atom is 0.159 e. The van der Waals surface area contributed by atoms with Crippen LogP contribution in [0.15, 0.2) is 30.3 Å². The highest BCUT2D eigenvalue weighted by atomic mass is 35.5. The highest BCUT2D eigenvalue weighted by Gasteiger charge is 2.13. The average Bonchev–Trinajstić information content (AvgIpc) is 2.35. The Bertz CT molecular complexity index is 627. The monoisotopic (exact) mass is 286 g/mol. The molecular weight excluding hydrogens is 281 g/mol. The van der Waals surface area contributed by atoms with E-state index in [4.69, 9.17) is 23.2 Å². The normalized spacial score (nSPS) is 10.4. The van der Waals surface area contributed by atoms with E-state index in [0.717, 1.165) is 12.1 Å². The van der Waals surface area contributed by atoms with Gasteiger partial charge in [0.05, 0.1) is 0 Å². The number of benzene rings is 2. The van der Waals surface area contributed by atoms with E-state index < -0.39 is 11.6 Å². The van der Waals surface area contributed by atoms with Gasteiger partial charge in [0.1, 0.15) is 0 Å². The third kappa shape index (κ3) is 2.37. The minimum Gasteiger partial charge on any atom is -0.298 e. The molecule has 2 aromatic rings. The van der Waals surface area contributed by atoms with Crippen LogP contribution in [0.2, 0.25) is 10.0 Å². The fourth-order valence-electron chi connectivity index (χ4n) is 1.60. The lowest BCUT2D eigenvalue weighted by Crippen LogP contribution is -1.94. The average molecular weight is 287 g/mol. The van der Waals surface area contributed by atoms with E-state index in [9.17, 15) is 13.6 Å². The Morgan fingerprint density at radius 1 is 0.944 bits per heavy atom. The van der Waals surface area contributed by atoms with Gasteiger partial charge in [-0.25, -0.2) is 8.78 Å². The van der Waals surface area contributed by atoms with Gasteiger partial charge in [-0.05, 0) is 35.9 Å². The zero-order valence-corrected chi connectivity index (χ0v) is 10.4. The summed E-state index contributed by atoms with van der Waals surface area (Å²) in [5.41, 5.74) is 0.597. The van der Waals surface area contributed by atoms with Crippen LogP contribution in [0.1, 0.15) is 10.4 Å². The van der Waals surface area contributed by atoms with Crippen molar-refractivity contribution >= 4 is 29.5 Å². The maximum absolute atomic E-state index is 13.2. The molecule has 0 unspecified atom stereocenters. The molecule has 18 heavy (non-hydrogen) atoms. The van der Waals surface area contributed by atoms with Crippen LogP contribution in [-0.2, 0) is 0 Å². The summed E-state index contributed by atoms with van der Waals surface area (Å²) < 4.78 is 26.3. The lowest BCUT2D eigenvalue weighted by Gasteiger charge is -2.08. The zero-order valence-electron chi connectivity index (χ0n) is 8.88. The van der Waals surface area contributed by atoms with Crippen LogP contribution >= 0.6 is 23.2 Å². The van der Waals surface area contributed by atoms with E-state index in [2.05, 4.69) is 0 Å². The van der Waals surface area contributed by atoms with E-state index in [1.807, 2.05) is 0 Å². The van der Waals surface area contributed by atoms with Crippen LogP contribution in [0.5, 0.6) is 0 Å². The van der Waals surface area contributed by atoms with Crippen molar-refractivity contribution in [2.75, 3.05) is 0 Å². The number of hydrogen-bond acceptors (Lipinski definition) is 1. The van der Waals surface area contributed by atoms with Crippen molar-refractivity contribution in [1.29, 1.82) is 0 Å². The SMILES string of the molecule is O=Cc1cc(F)c(F)cc1-c1cc(Cl)ccc1Cl. The second kappa shape index (κ2) is 5.04. The van der Waals surface area contributed by atoms with Crippen molar-refractivity contribution in [1.82, 2.24) is 0 Å². The molecule has 0 spiro atoms. The van der Waals surface area contributed by atoms with Crippen LogP contribution in [0, 0.1) is 11.6 Å². The Labute approximate surface area is 112 Å². The number of hydrogen-bond donors (Lipinski definition) is 0. The van der Waals surface area contributed by atoms with Gasteiger partial charge in [-0.3, -0.25) is 4.79 Å². The fraction of sp³-hybridized carbons (Fsp3) is 0. The van der Waals surface area contributed by atoms with E-state index in [1.54, 1.807) is 6.07 Å². The summed E-state index contributed by atoms with van der Waals surface area (Å²) in [6, 6.07) is 6.33. The van der Waals surface area contributed by atoms with Crippen LogP contribution in [-0.4, -0.2) is 6.29 Å². The Hall–Kier alpha value is -1.45. The predicted molar refractivity (Wildman–Crippen MR) is 67.2 cm³/mol. The highest BCUT2D eigenvalue weighted by molar-refractivity contribution is 6.35. The fourth-order valence-corrected chi connectivity index (χ4v) is 1.99. The number of rotatable bonds is 2. The van der Waals surface area contributed by atoms with Gasteiger partial charge in [0, 0.05) is 21.2 Å². The van der Waals surface area contributed by atoms with Crippen molar-refractivity contribution in [2.24, 2.45) is 0 Å². The number of halogens is 4. The van der Waals surface area contributed by atoms with Gasteiger partial charge in [-0.2, -0.15) is 0 Å². The lowest BCUT2D eigenvalue weighted by atomic mass is 10.00. The van der Waals surface area contributed by atoms with Crippen LogP contribution in [0.3, 0.4) is 0 Å². The summed E-state index contributed by atoms with van der Waals surface area (Å²) in [4.78, 5) is 10.9. The Morgan fingerprint density at radius 2 is 1.61 bits per heavy atom. The van der Waals surface area contributed by atoms with Gasteiger partial charge in [0.15, 0.2) is 17.9 Å². The summed E-state index contributed by atoms with van der Waals surface area (Å²) in [7, 11) is 0. The summed E-state index contributed by atoms with van der Waals surface area (Å²) in [6.07, 6.45) is 0.440. The van der Waals surface area contributed by atoms with Gasteiger partial charge in [-0.15, -0.1) is 0 Å². The highest BCUT2D eigenvalue weighted by Crippen LogP contribution is 2.33. The summed E-state index contributed by atoms with van der Waals surface area (Å²) >= 11 is 11.8. The standard InChI is InChI=1S/C13H6Cl2F2O/c14-8-1-2-11(15)10(4-8)9-5-13(17)12(16)3-7(9)6-18/h1-6H. The van der Waals surface area contributed by atoms with Gasteiger partial charge in [0.2, 0.25) is 0 Å². The van der Waals surface area contributed by atoms with Crippen molar-refractivity contribution in [2.45, 2.75) is 0 Å². The van der Waals surface area contributed by atoms with Crippen LogP contribution in [0.4, 0.5) is 8.78 Å². The van der Waals surface area contributed by atoms with Crippen molar-refractivity contribution in [3.63, 3.8) is 0 Å². The van der Waals surface area contributed by atoms with E-state index >= 15 is 0 Å². The van der Waals surface area contributed by atoms with Crippen molar-refractivity contribution in [3.8, 4) is 11.1 Å². The third-order valence-electron chi connectivity index (χ3n) is 2.44. The molecule has 0 aromatic heterocycles. The molecule has 1 nitrogen and oxygen atoms in total. The van der Waals surface area contributed by atoms with E-state index in [-0.39, 0.29) is 11.1 Å². The molecule has 2 aromatic carbocycles. The van der Waals surface area contributed by atoms with Crippen LogP contribution < -0.4 is 0 Å². The predicted octanol–water partition coefficient (Wildman–Crippen LogP) is 4.75. The topological polar surface area (TPSA) is 17.1 Å². The van der Waals surface area contributed by atoms with Gasteiger partial charge in [0.25, 0.3) is 0 Å². The molecule has 0 aliphatic carbocycles. The molecule has 92 valence electrons. The first-order valence-electron chi connectivity index (χ1n) is 4.92. The quantitative estimate of drug-likeness (QED) is 0.728.